The lowest BCUT2D eigenvalue weighted by molar-refractivity contribution is 0.417. The third kappa shape index (κ3) is 2.27. The second-order valence-electron chi connectivity index (χ2n) is 3.71. The maximum Gasteiger partial charge on any atom is 0.329 e. The van der Waals surface area contributed by atoms with Gasteiger partial charge in [-0.3, -0.25) is 14.3 Å². The second kappa shape index (κ2) is 4.79. The summed E-state index contributed by atoms with van der Waals surface area (Å²) in [6, 6.07) is 8.53. The molecule has 0 fully saturated rings. The molecule has 0 atom stereocenters. The second-order valence-corrected chi connectivity index (χ2v) is 3.71. The van der Waals surface area contributed by atoms with E-state index in [0.29, 0.717) is 17.3 Å². The third-order valence-corrected chi connectivity index (χ3v) is 2.52. The van der Waals surface area contributed by atoms with Gasteiger partial charge in [0.2, 0.25) is 0 Å². The number of nitrogens with one attached hydrogen (secondary N) is 2. The van der Waals surface area contributed by atoms with Crippen LogP contribution >= 0.6 is 0 Å². The van der Waals surface area contributed by atoms with Crippen LogP contribution < -0.4 is 21.3 Å². The first-order valence-corrected chi connectivity index (χ1v) is 5.32. The Balaban J connectivity index is 2.40. The highest BCUT2D eigenvalue weighted by Gasteiger charge is 2.04. The van der Waals surface area contributed by atoms with Gasteiger partial charge in [0, 0.05) is 13.1 Å². The molecule has 94 valence electrons. The van der Waals surface area contributed by atoms with E-state index < -0.39 is 5.69 Å². The van der Waals surface area contributed by atoms with Gasteiger partial charge in [-0.2, -0.15) is 0 Å². The Morgan fingerprint density at radius 1 is 1.28 bits per heavy atom. The zero-order chi connectivity index (χ0) is 13.1. The number of ether oxygens (including phenoxy) is 1. The summed E-state index contributed by atoms with van der Waals surface area (Å²) in [7, 11) is 2.96. The van der Waals surface area contributed by atoms with Crippen LogP contribution in [0.5, 0.6) is 5.75 Å². The zero-order valence-electron chi connectivity index (χ0n) is 10.1. The Bertz CT molecular complexity index is 642. The molecule has 6 nitrogen and oxygen atoms in total. The van der Waals surface area contributed by atoms with Crippen molar-refractivity contribution in [3.05, 3.63) is 51.2 Å². The zero-order valence-corrected chi connectivity index (χ0v) is 10.1. The van der Waals surface area contributed by atoms with E-state index in [4.69, 9.17) is 4.74 Å². The Labute approximate surface area is 103 Å². The van der Waals surface area contributed by atoms with Gasteiger partial charge in [0.05, 0.1) is 12.8 Å². The number of para-hydroxylation sites is 2. The molecule has 6 heteroatoms. The van der Waals surface area contributed by atoms with Crippen LogP contribution in [-0.4, -0.2) is 16.7 Å². The number of hydrogen-bond donors (Lipinski definition) is 2. The van der Waals surface area contributed by atoms with E-state index in [9.17, 15) is 9.59 Å². The summed E-state index contributed by atoms with van der Waals surface area (Å²) in [6.45, 7) is 0. The molecule has 0 saturated carbocycles. The van der Waals surface area contributed by atoms with Gasteiger partial charge in [-0.1, -0.05) is 12.1 Å². The topological polar surface area (TPSA) is 76.1 Å². The SMILES string of the molecule is COc1ccccc1Nc1cc(=O)n(C)c(=O)[nH]1. The van der Waals surface area contributed by atoms with E-state index in [2.05, 4.69) is 10.3 Å². The third-order valence-electron chi connectivity index (χ3n) is 2.52. The average molecular weight is 247 g/mol. The summed E-state index contributed by atoms with van der Waals surface area (Å²) in [6.07, 6.45) is 0. The van der Waals surface area contributed by atoms with Gasteiger partial charge < -0.3 is 10.1 Å². The van der Waals surface area contributed by atoms with Gasteiger partial charge in [0.15, 0.2) is 0 Å². The van der Waals surface area contributed by atoms with Crippen LogP contribution in [0.3, 0.4) is 0 Å². The van der Waals surface area contributed by atoms with Crippen LogP contribution in [0.25, 0.3) is 0 Å². The number of hydrogen-bond acceptors (Lipinski definition) is 4. The summed E-state index contributed by atoms with van der Waals surface area (Å²) in [5.41, 5.74) is -0.181. The molecule has 0 unspecified atom stereocenters. The molecule has 1 heterocycles. The molecule has 1 aromatic carbocycles. The molecule has 0 aliphatic rings. The van der Waals surface area contributed by atoms with Crippen molar-refractivity contribution in [2.75, 3.05) is 12.4 Å². The highest BCUT2D eigenvalue weighted by atomic mass is 16.5. The number of aromatic nitrogens is 2. The number of H-pyrrole nitrogens is 1. The minimum absolute atomic E-state index is 0.326. The number of benzene rings is 1. The number of aromatic amines is 1. The molecular formula is C12H13N3O3. The summed E-state index contributed by atoms with van der Waals surface area (Å²) in [5, 5.41) is 2.94. The molecular weight excluding hydrogens is 234 g/mol. The van der Waals surface area contributed by atoms with E-state index >= 15 is 0 Å². The van der Waals surface area contributed by atoms with Gasteiger partial charge in [-0.15, -0.1) is 0 Å². The highest BCUT2D eigenvalue weighted by Crippen LogP contribution is 2.25. The van der Waals surface area contributed by atoms with Crippen LogP contribution in [-0.2, 0) is 7.05 Å². The predicted molar refractivity (Wildman–Crippen MR) is 68.6 cm³/mol. The highest BCUT2D eigenvalue weighted by molar-refractivity contribution is 5.63. The van der Waals surface area contributed by atoms with Crippen LogP contribution in [0.4, 0.5) is 11.5 Å². The smallest absolute Gasteiger partial charge is 0.329 e. The van der Waals surface area contributed by atoms with E-state index in [1.54, 1.807) is 19.2 Å². The maximum atomic E-state index is 11.5. The number of nitrogens with zero attached hydrogens (tertiary/aromatic N) is 1. The average Bonchev–Trinajstić information content (AvgIpc) is 2.36. The fraction of sp³-hybridized carbons (Fsp3) is 0.167. The van der Waals surface area contributed by atoms with Crippen molar-refractivity contribution < 1.29 is 4.74 Å². The molecule has 0 saturated heterocycles. The largest absolute Gasteiger partial charge is 0.495 e. The van der Waals surface area contributed by atoms with E-state index in [-0.39, 0.29) is 5.56 Å². The molecule has 0 amide bonds. The molecule has 18 heavy (non-hydrogen) atoms. The standard InChI is InChI=1S/C12H13N3O3/c1-15-11(16)7-10(14-12(15)17)13-8-5-3-4-6-9(8)18-2/h3-7,13H,1-2H3,(H,14,17). The predicted octanol–water partition coefficient (Wildman–Crippen LogP) is 0.826. The van der Waals surface area contributed by atoms with Crippen molar-refractivity contribution in [2.45, 2.75) is 0 Å². The maximum absolute atomic E-state index is 11.5. The fourth-order valence-corrected chi connectivity index (χ4v) is 1.52. The summed E-state index contributed by atoms with van der Waals surface area (Å²) >= 11 is 0. The van der Waals surface area contributed by atoms with Crippen molar-refractivity contribution in [3.63, 3.8) is 0 Å². The molecule has 0 aliphatic carbocycles. The molecule has 2 N–H and O–H groups in total. The first-order valence-electron chi connectivity index (χ1n) is 5.32. The molecule has 0 aliphatic heterocycles. The Hall–Kier alpha value is -2.50. The van der Waals surface area contributed by atoms with Crippen molar-refractivity contribution in [1.29, 1.82) is 0 Å². The molecule has 1 aromatic heterocycles. The van der Waals surface area contributed by atoms with E-state index in [1.165, 1.54) is 13.1 Å². The van der Waals surface area contributed by atoms with Crippen molar-refractivity contribution in [2.24, 2.45) is 7.05 Å². The van der Waals surface area contributed by atoms with Crippen LogP contribution in [0, 0.1) is 0 Å². The first-order chi connectivity index (χ1) is 8.61. The van der Waals surface area contributed by atoms with Gasteiger partial charge in [-0.25, -0.2) is 4.79 Å². The quantitative estimate of drug-likeness (QED) is 0.842. The lowest BCUT2D eigenvalue weighted by Crippen LogP contribution is -2.32. The molecule has 0 bridgehead atoms. The normalized spacial score (nSPS) is 10.1. The van der Waals surface area contributed by atoms with Gasteiger partial charge in [-0.05, 0) is 12.1 Å². The van der Waals surface area contributed by atoms with Gasteiger partial charge in [0.25, 0.3) is 5.56 Å². The van der Waals surface area contributed by atoms with Gasteiger partial charge in [0.1, 0.15) is 11.6 Å². The minimum atomic E-state index is -0.472. The molecule has 0 spiro atoms. The number of rotatable bonds is 3. The van der Waals surface area contributed by atoms with Crippen molar-refractivity contribution >= 4 is 11.5 Å². The van der Waals surface area contributed by atoms with Crippen molar-refractivity contribution in [3.8, 4) is 5.75 Å². The lowest BCUT2D eigenvalue weighted by Gasteiger charge is -2.10. The number of methoxy groups -OCH3 is 1. The van der Waals surface area contributed by atoms with Crippen LogP contribution in [0.15, 0.2) is 39.9 Å². The molecule has 0 radical (unpaired) electrons. The summed E-state index contributed by atoms with van der Waals surface area (Å²) < 4.78 is 6.16. The van der Waals surface area contributed by atoms with E-state index in [1.807, 2.05) is 12.1 Å². The molecule has 2 rings (SSSR count). The summed E-state index contributed by atoms with van der Waals surface area (Å²) in [4.78, 5) is 25.5. The first kappa shape index (κ1) is 12.0. The fourth-order valence-electron chi connectivity index (χ4n) is 1.52. The Kier molecular flexibility index (Phi) is 3.18. The summed E-state index contributed by atoms with van der Waals surface area (Å²) in [5.74, 6) is 0.951. The lowest BCUT2D eigenvalue weighted by atomic mass is 10.3. The van der Waals surface area contributed by atoms with Crippen LogP contribution in [0.1, 0.15) is 0 Å². The Morgan fingerprint density at radius 3 is 2.67 bits per heavy atom. The number of anilines is 2. The minimum Gasteiger partial charge on any atom is -0.495 e. The monoisotopic (exact) mass is 247 g/mol. The van der Waals surface area contributed by atoms with E-state index in [0.717, 1.165) is 4.57 Å². The molecule has 2 aromatic rings. The Morgan fingerprint density at radius 2 is 2.00 bits per heavy atom. The van der Waals surface area contributed by atoms with Crippen molar-refractivity contribution in [1.82, 2.24) is 9.55 Å². The van der Waals surface area contributed by atoms with Gasteiger partial charge >= 0.3 is 5.69 Å². The van der Waals surface area contributed by atoms with Crippen LogP contribution in [0.2, 0.25) is 0 Å².